The van der Waals surface area contributed by atoms with Crippen LogP contribution >= 0.6 is 0 Å². The maximum Gasteiger partial charge on any atom is 0.0385 e. The summed E-state index contributed by atoms with van der Waals surface area (Å²) in [5, 5.41) is 6.99. The third-order valence-corrected chi connectivity index (χ3v) is 4.15. The van der Waals surface area contributed by atoms with Crippen LogP contribution in [0.1, 0.15) is 40.0 Å². The first-order valence-electron chi connectivity index (χ1n) is 8.36. The van der Waals surface area contributed by atoms with Crippen LogP contribution in [0.25, 0.3) is 0 Å². The van der Waals surface area contributed by atoms with Gasteiger partial charge in [0.2, 0.25) is 0 Å². The van der Waals surface area contributed by atoms with Crippen molar-refractivity contribution < 1.29 is 0 Å². The van der Waals surface area contributed by atoms with E-state index in [2.05, 4.69) is 67.8 Å². The summed E-state index contributed by atoms with van der Waals surface area (Å²) in [6.45, 7) is 6.86. The summed E-state index contributed by atoms with van der Waals surface area (Å²) < 4.78 is 0. The van der Waals surface area contributed by atoms with Gasteiger partial charge in [-0.25, -0.2) is 0 Å². The number of benzene rings is 2. The van der Waals surface area contributed by atoms with Crippen LogP contribution in [0, 0.1) is 5.92 Å². The van der Waals surface area contributed by atoms with E-state index in [-0.39, 0.29) is 0 Å². The number of hydrogen-bond acceptors (Lipinski definition) is 2. The second-order valence-electron chi connectivity index (χ2n) is 6.20. The maximum absolute atomic E-state index is 3.58. The van der Waals surface area contributed by atoms with Gasteiger partial charge in [0.1, 0.15) is 0 Å². The Kier molecular flexibility index (Phi) is 6.32. The van der Waals surface area contributed by atoms with Crippen molar-refractivity contribution in [2.75, 3.05) is 10.6 Å². The van der Waals surface area contributed by atoms with Gasteiger partial charge in [-0.3, -0.25) is 0 Å². The van der Waals surface area contributed by atoms with Crippen molar-refractivity contribution in [1.82, 2.24) is 0 Å². The van der Waals surface area contributed by atoms with Crippen LogP contribution in [-0.2, 0) is 0 Å². The molecule has 0 spiro atoms. The number of hydrogen-bond donors (Lipinski definition) is 2. The van der Waals surface area contributed by atoms with Crippen molar-refractivity contribution in [3.8, 4) is 0 Å². The second kappa shape index (κ2) is 8.47. The van der Waals surface area contributed by atoms with E-state index in [1.165, 1.54) is 24.9 Å². The quantitative estimate of drug-likeness (QED) is 0.619. The molecule has 2 unspecified atom stereocenters. The van der Waals surface area contributed by atoms with Crippen molar-refractivity contribution in [1.29, 1.82) is 0 Å². The molecule has 2 nitrogen and oxygen atoms in total. The minimum Gasteiger partial charge on any atom is -0.383 e. The number of anilines is 3. The molecule has 0 bridgehead atoms. The van der Waals surface area contributed by atoms with Crippen LogP contribution in [0.2, 0.25) is 0 Å². The van der Waals surface area contributed by atoms with Crippen LogP contribution in [0.5, 0.6) is 0 Å². The van der Waals surface area contributed by atoms with Gasteiger partial charge in [-0.2, -0.15) is 0 Å². The first kappa shape index (κ1) is 16.4. The van der Waals surface area contributed by atoms with Crippen LogP contribution in [0.4, 0.5) is 17.1 Å². The molecule has 2 atom stereocenters. The van der Waals surface area contributed by atoms with Gasteiger partial charge in [0.05, 0.1) is 0 Å². The molecule has 22 heavy (non-hydrogen) atoms. The predicted octanol–water partition coefficient (Wildman–Crippen LogP) is 6.06. The standard InChI is InChI=1S/C20H28N2/c1-4-16(2)10-11-17(3)21-19-12-14-20(15-13-19)22-18-8-6-5-7-9-18/h5-9,12-17,21-22H,4,10-11H2,1-3H3. The monoisotopic (exact) mass is 296 g/mol. The van der Waals surface area contributed by atoms with E-state index < -0.39 is 0 Å². The smallest absolute Gasteiger partial charge is 0.0385 e. The molecule has 0 aliphatic carbocycles. The Hall–Kier alpha value is -1.96. The van der Waals surface area contributed by atoms with E-state index in [9.17, 15) is 0 Å². The highest BCUT2D eigenvalue weighted by Gasteiger charge is 2.05. The molecule has 0 aromatic heterocycles. The molecule has 2 aromatic rings. The van der Waals surface area contributed by atoms with E-state index in [1.807, 2.05) is 18.2 Å². The molecule has 0 aliphatic rings. The third kappa shape index (κ3) is 5.44. The zero-order valence-corrected chi connectivity index (χ0v) is 14.0. The first-order chi connectivity index (χ1) is 10.7. The molecule has 0 heterocycles. The van der Waals surface area contributed by atoms with Gasteiger partial charge in [0.25, 0.3) is 0 Å². The highest BCUT2D eigenvalue weighted by atomic mass is 14.9. The van der Waals surface area contributed by atoms with E-state index >= 15 is 0 Å². The minimum atomic E-state index is 0.516. The molecule has 2 N–H and O–H groups in total. The summed E-state index contributed by atoms with van der Waals surface area (Å²) in [6, 6.07) is 19.3. The highest BCUT2D eigenvalue weighted by Crippen LogP contribution is 2.20. The maximum atomic E-state index is 3.58. The molecule has 2 aromatic carbocycles. The fourth-order valence-corrected chi connectivity index (χ4v) is 2.43. The SMILES string of the molecule is CCC(C)CCC(C)Nc1ccc(Nc2ccccc2)cc1. The summed E-state index contributed by atoms with van der Waals surface area (Å²) >= 11 is 0. The van der Waals surface area contributed by atoms with Crippen molar-refractivity contribution in [3.63, 3.8) is 0 Å². The molecule has 2 rings (SSSR count). The van der Waals surface area contributed by atoms with Crippen LogP contribution in [-0.4, -0.2) is 6.04 Å². The van der Waals surface area contributed by atoms with Gasteiger partial charge in [-0.1, -0.05) is 38.5 Å². The van der Waals surface area contributed by atoms with Crippen LogP contribution in [0.3, 0.4) is 0 Å². The zero-order chi connectivity index (χ0) is 15.8. The minimum absolute atomic E-state index is 0.516. The van der Waals surface area contributed by atoms with Crippen molar-refractivity contribution >= 4 is 17.1 Å². The van der Waals surface area contributed by atoms with E-state index in [0.717, 1.165) is 17.3 Å². The summed E-state index contributed by atoms with van der Waals surface area (Å²) in [6.07, 6.45) is 3.78. The summed E-state index contributed by atoms with van der Waals surface area (Å²) in [7, 11) is 0. The van der Waals surface area contributed by atoms with Gasteiger partial charge < -0.3 is 10.6 Å². The first-order valence-corrected chi connectivity index (χ1v) is 8.36. The Balaban J connectivity index is 1.84. The highest BCUT2D eigenvalue weighted by molar-refractivity contribution is 5.62. The molecule has 0 saturated carbocycles. The third-order valence-electron chi connectivity index (χ3n) is 4.15. The second-order valence-corrected chi connectivity index (χ2v) is 6.20. The van der Waals surface area contributed by atoms with Gasteiger partial charge in [0, 0.05) is 23.1 Å². The lowest BCUT2D eigenvalue weighted by Crippen LogP contribution is -2.16. The molecule has 0 fully saturated rings. The summed E-state index contributed by atoms with van der Waals surface area (Å²) in [5.74, 6) is 0.821. The average molecular weight is 296 g/mol. The predicted molar refractivity (Wildman–Crippen MR) is 97.9 cm³/mol. The van der Waals surface area contributed by atoms with Crippen molar-refractivity contribution in [3.05, 3.63) is 54.6 Å². The zero-order valence-electron chi connectivity index (χ0n) is 14.0. The number of nitrogens with one attached hydrogen (secondary N) is 2. The van der Waals surface area contributed by atoms with Crippen LogP contribution in [0.15, 0.2) is 54.6 Å². The summed E-state index contributed by atoms with van der Waals surface area (Å²) in [4.78, 5) is 0. The van der Waals surface area contributed by atoms with Crippen LogP contribution < -0.4 is 10.6 Å². The fourth-order valence-electron chi connectivity index (χ4n) is 2.43. The number of para-hydroxylation sites is 1. The molecular formula is C20H28N2. The molecule has 0 aliphatic heterocycles. The molecule has 0 radical (unpaired) electrons. The Bertz CT molecular complexity index is 533. The Morgan fingerprint density at radius 2 is 1.36 bits per heavy atom. The molecule has 2 heteroatoms. The lowest BCUT2D eigenvalue weighted by Gasteiger charge is -2.17. The van der Waals surface area contributed by atoms with Gasteiger partial charge in [-0.15, -0.1) is 0 Å². The molecule has 118 valence electrons. The molecular weight excluding hydrogens is 268 g/mol. The van der Waals surface area contributed by atoms with E-state index in [1.54, 1.807) is 0 Å². The largest absolute Gasteiger partial charge is 0.383 e. The van der Waals surface area contributed by atoms with E-state index in [0.29, 0.717) is 6.04 Å². The Morgan fingerprint density at radius 3 is 2.00 bits per heavy atom. The lowest BCUT2D eigenvalue weighted by molar-refractivity contribution is 0.478. The summed E-state index contributed by atoms with van der Waals surface area (Å²) in [5.41, 5.74) is 3.42. The number of rotatable bonds is 8. The fraction of sp³-hybridized carbons (Fsp3) is 0.400. The molecule has 0 saturated heterocycles. The Morgan fingerprint density at radius 1 is 0.773 bits per heavy atom. The van der Waals surface area contributed by atoms with E-state index in [4.69, 9.17) is 0 Å². The lowest BCUT2D eigenvalue weighted by atomic mass is 10.00. The van der Waals surface area contributed by atoms with Crippen molar-refractivity contribution in [2.45, 2.75) is 46.1 Å². The topological polar surface area (TPSA) is 24.1 Å². The normalized spacial score (nSPS) is 13.4. The average Bonchev–Trinajstić information content (AvgIpc) is 2.55. The van der Waals surface area contributed by atoms with Gasteiger partial charge >= 0.3 is 0 Å². The van der Waals surface area contributed by atoms with Crippen molar-refractivity contribution in [2.24, 2.45) is 5.92 Å². The van der Waals surface area contributed by atoms with Gasteiger partial charge in [-0.05, 0) is 62.1 Å². The Labute approximate surface area is 135 Å². The molecule has 0 amide bonds. The van der Waals surface area contributed by atoms with Gasteiger partial charge in [0.15, 0.2) is 0 Å².